The average Bonchev–Trinajstić information content (AvgIpc) is 2.99. The molecular weight excluding hydrogens is 318 g/mol. The Hall–Kier alpha value is -1.46. The van der Waals surface area contributed by atoms with Crippen molar-refractivity contribution in [1.29, 1.82) is 0 Å². The van der Waals surface area contributed by atoms with Gasteiger partial charge in [0.1, 0.15) is 13.2 Å². The van der Waals surface area contributed by atoms with Gasteiger partial charge in [-0.1, -0.05) is 6.07 Å². The number of rotatable bonds is 6. The summed E-state index contributed by atoms with van der Waals surface area (Å²) < 4.78 is 11.3. The van der Waals surface area contributed by atoms with Crippen LogP contribution < -0.4 is 9.47 Å². The summed E-state index contributed by atoms with van der Waals surface area (Å²) in [6, 6.07) is 6.66. The van der Waals surface area contributed by atoms with Gasteiger partial charge in [0.25, 0.3) is 0 Å². The van der Waals surface area contributed by atoms with Crippen molar-refractivity contribution in [3.05, 3.63) is 23.8 Å². The van der Waals surface area contributed by atoms with Crippen molar-refractivity contribution >= 4 is 18.4 Å². The highest BCUT2D eigenvalue weighted by molar-refractivity contribution is 5.85. The largest absolute Gasteiger partial charge is 0.486 e. The molecule has 0 radical (unpaired) electrons. The Labute approximate surface area is 143 Å². The summed E-state index contributed by atoms with van der Waals surface area (Å²) in [6.07, 6.45) is 4.30. The number of benzene rings is 1. The number of carboxylic acids is 1. The number of unbranched alkanes of at least 4 members (excludes halogenated alkanes) is 1. The van der Waals surface area contributed by atoms with Crippen LogP contribution in [0.2, 0.25) is 0 Å². The fraction of sp³-hybridized carbons (Fsp3) is 0.588. The van der Waals surface area contributed by atoms with Gasteiger partial charge in [0.15, 0.2) is 11.5 Å². The third-order valence-electron chi connectivity index (χ3n) is 4.40. The van der Waals surface area contributed by atoms with E-state index in [0.29, 0.717) is 19.3 Å². The average molecular weight is 342 g/mol. The van der Waals surface area contributed by atoms with E-state index in [1.54, 1.807) is 0 Å². The van der Waals surface area contributed by atoms with Crippen LogP contribution in [0.25, 0.3) is 0 Å². The second-order valence-corrected chi connectivity index (χ2v) is 5.95. The molecule has 1 fully saturated rings. The van der Waals surface area contributed by atoms with Crippen molar-refractivity contribution in [1.82, 2.24) is 4.90 Å². The molecule has 2 aliphatic heterocycles. The zero-order valence-electron chi connectivity index (χ0n) is 13.2. The maximum Gasteiger partial charge on any atom is 0.303 e. The molecule has 5 nitrogen and oxygen atoms in total. The number of ether oxygens (including phenoxy) is 2. The van der Waals surface area contributed by atoms with Crippen molar-refractivity contribution in [3.8, 4) is 11.5 Å². The van der Waals surface area contributed by atoms with E-state index in [2.05, 4.69) is 17.0 Å². The highest BCUT2D eigenvalue weighted by Crippen LogP contribution is 2.38. The summed E-state index contributed by atoms with van der Waals surface area (Å²) in [4.78, 5) is 13.0. The molecule has 1 atom stereocenters. The minimum absolute atomic E-state index is 0. The molecular formula is C17H24ClNO4. The lowest BCUT2D eigenvalue weighted by molar-refractivity contribution is -0.137. The number of nitrogens with zero attached hydrogens (tertiary/aromatic N) is 1. The van der Waals surface area contributed by atoms with Gasteiger partial charge >= 0.3 is 5.97 Å². The number of halogens is 1. The van der Waals surface area contributed by atoms with Crippen LogP contribution >= 0.6 is 12.4 Å². The Morgan fingerprint density at radius 3 is 2.78 bits per heavy atom. The highest BCUT2D eigenvalue weighted by Gasteiger charge is 2.26. The smallest absolute Gasteiger partial charge is 0.303 e. The number of hydrogen-bond acceptors (Lipinski definition) is 4. The molecule has 1 aromatic rings. The van der Waals surface area contributed by atoms with Crippen molar-refractivity contribution < 1.29 is 19.4 Å². The first-order chi connectivity index (χ1) is 10.7. The Morgan fingerprint density at radius 1 is 1.22 bits per heavy atom. The highest BCUT2D eigenvalue weighted by atomic mass is 35.5. The molecule has 3 rings (SSSR count). The third-order valence-corrected chi connectivity index (χ3v) is 4.40. The number of aliphatic carboxylic acids is 1. The van der Waals surface area contributed by atoms with Crippen LogP contribution in [0.3, 0.4) is 0 Å². The van der Waals surface area contributed by atoms with Crippen LogP contribution in [0.1, 0.15) is 43.7 Å². The monoisotopic (exact) mass is 341 g/mol. The fourth-order valence-corrected chi connectivity index (χ4v) is 3.33. The molecule has 23 heavy (non-hydrogen) atoms. The Balaban J connectivity index is 0.00000192. The molecule has 2 aliphatic rings. The number of carbonyl (C=O) groups is 1. The molecule has 0 bridgehead atoms. The summed E-state index contributed by atoms with van der Waals surface area (Å²) in [5, 5.41) is 8.71. The van der Waals surface area contributed by atoms with Crippen LogP contribution in [-0.4, -0.2) is 42.3 Å². The van der Waals surface area contributed by atoms with E-state index in [-0.39, 0.29) is 18.8 Å². The first-order valence-electron chi connectivity index (χ1n) is 8.09. The van der Waals surface area contributed by atoms with Gasteiger partial charge in [0, 0.05) is 12.5 Å². The molecule has 6 heteroatoms. The molecule has 1 saturated heterocycles. The van der Waals surface area contributed by atoms with Crippen molar-refractivity contribution in [2.24, 2.45) is 0 Å². The van der Waals surface area contributed by atoms with Gasteiger partial charge in [0.2, 0.25) is 0 Å². The van der Waals surface area contributed by atoms with E-state index in [1.807, 2.05) is 6.07 Å². The lowest BCUT2D eigenvalue weighted by Gasteiger charge is -2.26. The fourth-order valence-electron chi connectivity index (χ4n) is 3.33. The number of carboxylic acid groups (broad SMARTS) is 1. The van der Waals surface area contributed by atoms with Crippen LogP contribution in [0.5, 0.6) is 11.5 Å². The maximum atomic E-state index is 10.6. The van der Waals surface area contributed by atoms with Crippen LogP contribution in [-0.2, 0) is 4.79 Å². The minimum atomic E-state index is -0.704. The van der Waals surface area contributed by atoms with Gasteiger partial charge in [-0.15, -0.1) is 12.4 Å². The van der Waals surface area contributed by atoms with Gasteiger partial charge in [-0.3, -0.25) is 9.69 Å². The van der Waals surface area contributed by atoms with E-state index in [4.69, 9.17) is 14.6 Å². The van der Waals surface area contributed by atoms with Crippen LogP contribution in [0.4, 0.5) is 0 Å². The minimum Gasteiger partial charge on any atom is -0.486 e. The number of hydrogen-bond donors (Lipinski definition) is 1. The second-order valence-electron chi connectivity index (χ2n) is 5.95. The second kappa shape index (κ2) is 8.41. The summed E-state index contributed by atoms with van der Waals surface area (Å²) in [6.45, 7) is 3.28. The molecule has 128 valence electrons. The van der Waals surface area contributed by atoms with Gasteiger partial charge < -0.3 is 14.6 Å². The summed E-state index contributed by atoms with van der Waals surface area (Å²) in [5.74, 6) is 0.979. The predicted octanol–water partition coefficient (Wildman–Crippen LogP) is 3.27. The Kier molecular flexibility index (Phi) is 6.54. The van der Waals surface area contributed by atoms with Gasteiger partial charge in [-0.2, -0.15) is 0 Å². The maximum absolute atomic E-state index is 10.6. The SMILES string of the molecule is Cl.O=C(O)CCCCN1CCCC1c1ccc2c(c1)OCCO2. The number of likely N-dealkylation sites (tertiary alicyclic amines) is 1. The van der Waals surface area contributed by atoms with Crippen molar-refractivity contribution in [2.75, 3.05) is 26.3 Å². The van der Waals surface area contributed by atoms with E-state index in [0.717, 1.165) is 43.9 Å². The summed E-state index contributed by atoms with van der Waals surface area (Å²) >= 11 is 0. The Morgan fingerprint density at radius 2 is 2.00 bits per heavy atom. The van der Waals surface area contributed by atoms with E-state index in [9.17, 15) is 4.79 Å². The van der Waals surface area contributed by atoms with Crippen LogP contribution in [0.15, 0.2) is 18.2 Å². The van der Waals surface area contributed by atoms with Crippen molar-refractivity contribution in [3.63, 3.8) is 0 Å². The van der Waals surface area contributed by atoms with Gasteiger partial charge in [-0.25, -0.2) is 0 Å². The third kappa shape index (κ3) is 4.52. The summed E-state index contributed by atoms with van der Waals surface area (Å²) in [5.41, 5.74) is 1.28. The molecule has 0 amide bonds. The van der Waals surface area contributed by atoms with Crippen molar-refractivity contribution in [2.45, 2.75) is 38.1 Å². The normalized spacial score (nSPS) is 20.1. The quantitative estimate of drug-likeness (QED) is 0.805. The lowest BCUT2D eigenvalue weighted by Crippen LogP contribution is -2.25. The molecule has 0 aromatic heterocycles. The molecule has 0 spiro atoms. The van der Waals surface area contributed by atoms with Gasteiger partial charge in [0.05, 0.1) is 0 Å². The zero-order chi connectivity index (χ0) is 15.4. The number of fused-ring (bicyclic) bond motifs is 1. The molecule has 2 heterocycles. The molecule has 0 saturated carbocycles. The summed E-state index contributed by atoms with van der Waals surface area (Å²) in [7, 11) is 0. The van der Waals surface area contributed by atoms with Gasteiger partial charge in [-0.05, 0) is 56.5 Å². The molecule has 1 N–H and O–H groups in total. The molecule has 1 unspecified atom stereocenters. The zero-order valence-corrected chi connectivity index (χ0v) is 14.0. The first kappa shape index (κ1) is 17.9. The van der Waals surface area contributed by atoms with E-state index < -0.39 is 5.97 Å². The topological polar surface area (TPSA) is 59.0 Å². The first-order valence-corrected chi connectivity index (χ1v) is 8.09. The van der Waals surface area contributed by atoms with E-state index >= 15 is 0 Å². The standard InChI is InChI=1S/C17H23NO4.ClH/c19-17(20)5-1-2-8-18-9-3-4-14(18)13-6-7-15-16(12-13)22-11-10-21-15;/h6-7,12,14H,1-5,8-11H2,(H,19,20);1H. The van der Waals surface area contributed by atoms with E-state index in [1.165, 1.54) is 12.0 Å². The molecule has 1 aromatic carbocycles. The molecule has 0 aliphatic carbocycles. The lowest BCUT2D eigenvalue weighted by atomic mass is 10.0. The van der Waals surface area contributed by atoms with Crippen LogP contribution in [0, 0.1) is 0 Å². The predicted molar refractivity (Wildman–Crippen MR) is 89.7 cm³/mol. The Bertz CT molecular complexity index is 537.